The van der Waals surface area contributed by atoms with E-state index in [1.807, 2.05) is 24.6 Å². The molecule has 23 heavy (non-hydrogen) atoms. The van der Waals surface area contributed by atoms with Crippen molar-refractivity contribution in [3.63, 3.8) is 0 Å². The molecule has 0 radical (unpaired) electrons. The molecule has 1 heterocycles. The molecule has 0 aliphatic rings. The lowest BCUT2D eigenvalue weighted by molar-refractivity contribution is 0.655. The quantitative estimate of drug-likeness (QED) is 0.419. The Labute approximate surface area is 143 Å². The summed E-state index contributed by atoms with van der Waals surface area (Å²) in [4.78, 5) is 6.09. The fraction of sp³-hybridized carbons (Fsp3) is 0.421. The lowest BCUT2D eigenvalue weighted by atomic mass is 10.1. The number of hydrogen-bond donors (Lipinski definition) is 2. The Balaban J connectivity index is 1.80. The van der Waals surface area contributed by atoms with E-state index < -0.39 is 0 Å². The van der Waals surface area contributed by atoms with Gasteiger partial charge in [0.1, 0.15) is 0 Å². The van der Waals surface area contributed by atoms with Crippen molar-refractivity contribution in [2.24, 2.45) is 4.99 Å². The number of benzene rings is 1. The first-order valence-electron chi connectivity index (χ1n) is 8.15. The molecule has 0 spiro atoms. The highest BCUT2D eigenvalue weighted by atomic mass is 32.1. The monoisotopic (exact) mass is 329 g/mol. The van der Waals surface area contributed by atoms with Crippen LogP contribution in [0.3, 0.4) is 0 Å². The molecule has 0 aliphatic heterocycles. The Morgan fingerprint density at radius 2 is 1.91 bits per heavy atom. The van der Waals surface area contributed by atoms with E-state index in [0.29, 0.717) is 0 Å². The van der Waals surface area contributed by atoms with Gasteiger partial charge in [-0.05, 0) is 87.4 Å². The number of unbranched alkanes of at least 4 members (excludes halogenated alkanes) is 1. The van der Waals surface area contributed by atoms with Gasteiger partial charge in [-0.25, -0.2) is 0 Å². The van der Waals surface area contributed by atoms with Crippen LogP contribution in [0.15, 0.2) is 34.6 Å². The molecule has 1 aromatic carbocycles. The second kappa shape index (κ2) is 8.85. The van der Waals surface area contributed by atoms with Gasteiger partial charge in [0, 0.05) is 16.8 Å². The number of nitrogens with zero attached hydrogens (tertiary/aromatic N) is 1. The summed E-state index contributed by atoms with van der Waals surface area (Å²) in [5.74, 6) is 0. The van der Waals surface area contributed by atoms with Crippen molar-refractivity contribution in [2.75, 3.05) is 12.4 Å². The highest BCUT2D eigenvalue weighted by Gasteiger charge is 2.03. The second-order valence-electron chi connectivity index (χ2n) is 5.96. The summed E-state index contributed by atoms with van der Waals surface area (Å²) in [6, 6.07) is 8.66. The van der Waals surface area contributed by atoms with Crippen molar-refractivity contribution in [2.45, 2.75) is 46.3 Å². The lowest BCUT2D eigenvalue weighted by Crippen LogP contribution is -2.31. The largest absolute Gasteiger partial charge is 0.352 e. The summed E-state index contributed by atoms with van der Waals surface area (Å²) >= 11 is 1.85. The summed E-state index contributed by atoms with van der Waals surface area (Å²) in [6.07, 6.45) is 5.23. The van der Waals surface area contributed by atoms with Crippen LogP contribution in [0.5, 0.6) is 0 Å². The molecule has 0 saturated carbocycles. The summed E-state index contributed by atoms with van der Waals surface area (Å²) < 4.78 is 0. The Bertz CT molecular complexity index is 626. The minimum Gasteiger partial charge on any atom is -0.352 e. The summed E-state index contributed by atoms with van der Waals surface area (Å²) in [6.45, 7) is 6.41. The predicted octanol–water partition coefficient (Wildman–Crippen LogP) is 4.68. The van der Waals surface area contributed by atoms with Gasteiger partial charge in [-0.2, -0.15) is 0 Å². The fourth-order valence-corrected chi connectivity index (χ4v) is 3.55. The zero-order valence-corrected chi connectivity index (χ0v) is 15.3. The molecule has 0 aliphatic carbocycles. The molecular formula is C19H27N3S. The van der Waals surface area contributed by atoms with Crippen molar-refractivity contribution in [3.05, 3.63) is 51.2 Å². The Morgan fingerprint density at radius 3 is 2.52 bits per heavy atom. The van der Waals surface area contributed by atoms with Gasteiger partial charge in [-0.15, -0.1) is 11.3 Å². The first-order valence-corrected chi connectivity index (χ1v) is 9.03. The average molecular weight is 330 g/mol. The van der Waals surface area contributed by atoms with E-state index in [1.54, 1.807) is 0 Å². The molecule has 1 atom stereocenters. The van der Waals surface area contributed by atoms with Gasteiger partial charge < -0.3 is 5.32 Å². The highest BCUT2D eigenvalue weighted by molar-refractivity contribution is 7.10. The van der Waals surface area contributed by atoms with E-state index in [9.17, 15) is 0 Å². The van der Waals surface area contributed by atoms with E-state index in [0.717, 1.165) is 24.9 Å². The summed E-state index contributed by atoms with van der Waals surface area (Å²) in [7, 11) is 1.92. The molecule has 0 fully saturated rings. The highest BCUT2D eigenvalue weighted by Crippen LogP contribution is 2.18. The molecule has 2 aromatic rings. The molecule has 4 heteroatoms. The standard InChI is InChI=1S/C19H27N3S/c1-14-11-15(2)13-17(12-14)22-19(20-4)21-9-6-5-7-18-16(3)8-10-23-18/h8-13,19-20,22H,5-7H2,1-4H3/b21-9-. The van der Waals surface area contributed by atoms with Crippen molar-refractivity contribution in [1.82, 2.24) is 5.32 Å². The third-order valence-electron chi connectivity index (χ3n) is 3.76. The molecule has 2 N–H and O–H groups in total. The average Bonchev–Trinajstić information content (AvgIpc) is 2.90. The second-order valence-corrected chi connectivity index (χ2v) is 6.96. The molecule has 0 amide bonds. The number of thiophene rings is 1. The maximum absolute atomic E-state index is 4.59. The van der Waals surface area contributed by atoms with E-state index in [-0.39, 0.29) is 6.29 Å². The zero-order chi connectivity index (χ0) is 16.7. The Hall–Kier alpha value is -1.65. The van der Waals surface area contributed by atoms with Gasteiger partial charge in [-0.1, -0.05) is 6.07 Å². The molecular weight excluding hydrogens is 302 g/mol. The number of rotatable bonds is 8. The Morgan fingerprint density at radius 1 is 1.17 bits per heavy atom. The van der Waals surface area contributed by atoms with Crippen LogP contribution < -0.4 is 10.6 Å². The number of nitrogens with one attached hydrogen (secondary N) is 2. The third kappa shape index (κ3) is 5.81. The maximum Gasteiger partial charge on any atom is 0.173 e. The van der Waals surface area contributed by atoms with E-state index >= 15 is 0 Å². The smallest absolute Gasteiger partial charge is 0.173 e. The molecule has 124 valence electrons. The lowest BCUT2D eigenvalue weighted by Gasteiger charge is -2.16. The minimum atomic E-state index is -0.0836. The molecule has 3 nitrogen and oxygen atoms in total. The van der Waals surface area contributed by atoms with Crippen LogP contribution in [-0.4, -0.2) is 19.6 Å². The van der Waals surface area contributed by atoms with E-state index in [1.165, 1.54) is 21.6 Å². The van der Waals surface area contributed by atoms with Crippen LogP contribution in [0.2, 0.25) is 0 Å². The Kier molecular flexibility index (Phi) is 6.81. The topological polar surface area (TPSA) is 36.4 Å². The first kappa shape index (κ1) is 17.7. The van der Waals surface area contributed by atoms with Gasteiger partial charge in [0.15, 0.2) is 6.29 Å². The van der Waals surface area contributed by atoms with Gasteiger partial charge >= 0.3 is 0 Å². The van der Waals surface area contributed by atoms with Crippen LogP contribution in [0.25, 0.3) is 0 Å². The van der Waals surface area contributed by atoms with Crippen molar-refractivity contribution < 1.29 is 0 Å². The van der Waals surface area contributed by atoms with E-state index in [2.05, 4.69) is 66.0 Å². The predicted molar refractivity (Wildman–Crippen MR) is 103 cm³/mol. The van der Waals surface area contributed by atoms with Crippen LogP contribution in [-0.2, 0) is 6.42 Å². The van der Waals surface area contributed by atoms with Gasteiger partial charge in [0.05, 0.1) is 0 Å². The van der Waals surface area contributed by atoms with Crippen LogP contribution >= 0.6 is 11.3 Å². The maximum atomic E-state index is 4.59. The van der Waals surface area contributed by atoms with Crippen LogP contribution in [0.4, 0.5) is 5.69 Å². The number of aryl methyl sites for hydroxylation is 4. The molecule has 1 aromatic heterocycles. The molecule has 2 rings (SSSR count). The van der Waals surface area contributed by atoms with Crippen LogP contribution in [0.1, 0.15) is 34.4 Å². The fourth-order valence-electron chi connectivity index (χ4n) is 2.59. The SMILES string of the molecule is CNC(/N=C\CCCc1sccc1C)Nc1cc(C)cc(C)c1. The third-order valence-corrected chi connectivity index (χ3v) is 4.84. The van der Waals surface area contributed by atoms with Gasteiger partial charge in [-0.3, -0.25) is 10.3 Å². The summed E-state index contributed by atoms with van der Waals surface area (Å²) in [5.41, 5.74) is 5.04. The number of anilines is 1. The number of aliphatic imine (C=N–C) groups is 1. The molecule has 0 bridgehead atoms. The first-order chi connectivity index (χ1) is 11.1. The van der Waals surface area contributed by atoms with Crippen LogP contribution in [0, 0.1) is 20.8 Å². The zero-order valence-electron chi connectivity index (χ0n) is 14.5. The van der Waals surface area contributed by atoms with Crippen molar-refractivity contribution in [1.29, 1.82) is 0 Å². The number of hydrogen-bond acceptors (Lipinski definition) is 4. The molecule has 0 saturated heterocycles. The normalized spacial score (nSPS) is 12.7. The van der Waals surface area contributed by atoms with Crippen molar-refractivity contribution >= 4 is 23.2 Å². The van der Waals surface area contributed by atoms with Gasteiger partial charge in [0.25, 0.3) is 0 Å². The minimum absolute atomic E-state index is 0.0836. The van der Waals surface area contributed by atoms with Crippen molar-refractivity contribution in [3.8, 4) is 0 Å². The molecule has 1 unspecified atom stereocenters. The van der Waals surface area contributed by atoms with E-state index in [4.69, 9.17) is 0 Å². The van der Waals surface area contributed by atoms with Gasteiger partial charge in [0.2, 0.25) is 0 Å². The summed E-state index contributed by atoms with van der Waals surface area (Å²) in [5, 5.41) is 8.78.